The first-order valence-corrected chi connectivity index (χ1v) is 25.6. The molecule has 8 aromatic heterocycles. The maximum Gasteiger partial charge on any atom is 1.00 e. The number of rotatable bonds is 16. The molecule has 8 aromatic rings. The number of hydrazone groups is 1. The Balaban J connectivity index is 0.000000990. The number of halogens is 5. The molecule has 0 aliphatic heterocycles. The van der Waals surface area contributed by atoms with Crippen LogP contribution in [0, 0.1) is 32.3 Å². The predicted octanol–water partition coefficient (Wildman–Crippen LogP) is 4.79. The molecular formula is C49H64Cl4FN22NaO6. The number of tetrazole rings is 3. The number of aryl methyl sites for hydroxylation is 2. The fourth-order valence-electron chi connectivity index (χ4n) is 5.52. The topological polar surface area (TPSA) is 417 Å². The zero-order chi connectivity index (χ0) is 62.1. The zero-order valence-electron chi connectivity index (χ0n) is 47.5. The van der Waals surface area contributed by atoms with E-state index in [-0.39, 0.29) is 66.0 Å². The Morgan fingerprint density at radius 3 is 1.47 bits per heavy atom. The van der Waals surface area contributed by atoms with E-state index in [4.69, 9.17) is 94.8 Å². The number of nitrogens with one attached hydrogen (secondary N) is 1. The van der Waals surface area contributed by atoms with Crippen molar-refractivity contribution in [2.45, 2.75) is 80.3 Å². The average molecular weight is 1240 g/mol. The van der Waals surface area contributed by atoms with E-state index in [1.165, 1.54) is 22.0 Å². The third kappa shape index (κ3) is 32.4. The number of aliphatic hydroxyl groups is 3. The second-order valence-corrected chi connectivity index (χ2v) is 18.8. The first kappa shape index (κ1) is 73.9. The number of nitriles is 1. The molecule has 0 aromatic carbocycles. The summed E-state index contributed by atoms with van der Waals surface area (Å²) in [6.45, 7) is 14.8. The van der Waals surface area contributed by atoms with Crippen molar-refractivity contribution >= 4 is 52.2 Å². The van der Waals surface area contributed by atoms with E-state index in [9.17, 15) is 4.39 Å². The number of ether oxygens (including phenoxy) is 1. The maximum atomic E-state index is 9.96. The van der Waals surface area contributed by atoms with Crippen molar-refractivity contribution in [1.82, 2.24) is 86.0 Å². The molecule has 8 heterocycles. The Kier molecular flexibility index (Phi) is 38.8. The van der Waals surface area contributed by atoms with Gasteiger partial charge in [-0.2, -0.15) is 25.2 Å². The van der Waals surface area contributed by atoms with E-state index in [2.05, 4.69) is 95.3 Å². The minimum atomic E-state index is -1.00. The van der Waals surface area contributed by atoms with Crippen LogP contribution >= 0.6 is 46.4 Å². The molecule has 28 nitrogen and oxygen atoms in total. The van der Waals surface area contributed by atoms with Crippen molar-refractivity contribution in [3.05, 3.63) is 134 Å². The number of nitrogens with two attached hydrogens (primary N) is 2. The Bertz CT molecular complexity index is 3020. The summed E-state index contributed by atoms with van der Waals surface area (Å²) >= 11 is 22.2. The van der Waals surface area contributed by atoms with Crippen LogP contribution in [0.2, 0.25) is 20.6 Å². The summed E-state index contributed by atoms with van der Waals surface area (Å²) in [6.07, 6.45) is 11.0. The van der Waals surface area contributed by atoms with Gasteiger partial charge in [-0.15, -0.1) is 35.9 Å². The zero-order valence-corrected chi connectivity index (χ0v) is 51.6. The molecule has 0 atom stereocenters. The summed E-state index contributed by atoms with van der Waals surface area (Å²) in [4.78, 5) is 30.6. The molecule has 442 valence electrons. The van der Waals surface area contributed by atoms with Crippen molar-refractivity contribution in [1.29, 1.82) is 5.26 Å². The standard InChI is InChI=1S/C15H23N5O2.C8H8ClN5.C7H16O2.C6H4ClN5.C6H7ClN4.C6H3ClN2.CH3F.HNO2.Na/c1-4-20-18-14(17-19-20)12-5-6-13(16-11-12)22-10-8-15(2,3)7-9-21;1-2-14-12-8(11-13-14)6-3-4-7(9)10-5-6;1-7(2,3-5-8)4-6-9;7-5-2-1-4(3-8-5)6-9-11-12-10-6;7-5-2-1-4(3-10-5)6(8)11-9;7-6-2-1-5(3-8)4-9-6;1-2;2-1-3;/h5-6,11,21H,4,7-10H2,1-3H3;3-5H,2H2,1H3;8-9H,3-6H2,1-2H3;1-3H,(H,9,10,11,12);1-3H,9H2,(H2,8,11);1-2,4H;1H3;(H,2,3);/q;;;;;;;;+1/p-1/i;;;;;;1D;;. The summed E-state index contributed by atoms with van der Waals surface area (Å²) in [7, 11) is -1.00. The molecule has 0 unspecified atom stereocenters. The molecule has 0 bridgehead atoms. The molecule has 8 N–H and O–H groups in total. The second-order valence-electron chi connectivity index (χ2n) is 17.3. The second kappa shape index (κ2) is 43.6. The van der Waals surface area contributed by atoms with Crippen LogP contribution in [0.5, 0.6) is 5.88 Å². The number of aromatic amines is 1. The van der Waals surface area contributed by atoms with E-state index in [1.807, 2.05) is 45.9 Å². The molecule has 0 spiro atoms. The number of aliphatic hydroxyl groups excluding tert-OH is 3. The van der Waals surface area contributed by atoms with Crippen LogP contribution in [0.15, 0.2) is 102 Å². The summed E-state index contributed by atoms with van der Waals surface area (Å²) in [5.41, 5.74) is 9.16. The van der Waals surface area contributed by atoms with E-state index in [1.54, 1.807) is 67.1 Å². The largest absolute Gasteiger partial charge is 1.00 e. The van der Waals surface area contributed by atoms with Gasteiger partial charge in [0.25, 0.3) is 0 Å². The van der Waals surface area contributed by atoms with Crippen molar-refractivity contribution in [2.75, 3.05) is 33.6 Å². The number of H-pyrrole nitrogens is 1. The fraction of sp³-hybridized carbons (Fsp3) is 0.388. The van der Waals surface area contributed by atoms with E-state index in [0.717, 1.165) is 47.7 Å². The summed E-state index contributed by atoms with van der Waals surface area (Å²) in [5, 5.41) is 85.8. The Morgan fingerprint density at radius 1 is 0.711 bits per heavy atom. The van der Waals surface area contributed by atoms with Crippen LogP contribution in [0.3, 0.4) is 0 Å². The summed E-state index contributed by atoms with van der Waals surface area (Å²) in [6, 6.07) is 19.1. The molecule has 0 aliphatic carbocycles. The van der Waals surface area contributed by atoms with Crippen LogP contribution in [-0.4, -0.2) is 141 Å². The van der Waals surface area contributed by atoms with Gasteiger partial charge in [-0.05, 0) is 121 Å². The van der Waals surface area contributed by atoms with Crippen molar-refractivity contribution in [2.24, 2.45) is 32.8 Å². The molecular weight excluding hydrogens is 1180 g/mol. The third-order valence-electron chi connectivity index (χ3n) is 10.2. The molecule has 0 aliphatic rings. The van der Waals surface area contributed by atoms with E-state index >= 15 is 0 Å². The predicted molar refractivity (Wildman–Crippen MR) is 308 cm³/mol. The van der Waals surface area contributed by atoms with Gasteiger partial charge in [0.2, 0.25) is 23.4 Å². The molecule has 0 saturated carbocycles. The minimum absolute atomic E-state index is 0. The van der Waals surface area contributed by atoms with Gasteiger partial charge in [0, 0.05) is 79.1 Å². The van der Waals surface area contributed by atoms with Gasteiger partial charge >= 0.3 is 29.6 Å². The fourth-order valence-corrected chi connectivity index (χ4v) is 5.96. The minimum Gasteiger partial charge on any atom is -0.478 e. The van der Waals surface area contributed by atoms with Gasteiger partial charge in [0.1, 0.15) is 26.7 Å². The van der Waals surface area contributed by atoms with E-state index in [0.29, 0.717) is 74.8 Å². The molecule has 8 rings (SSSR count). The number of hydrogen-bond donors (Lipinski definition) is 6. The number of aromatic nitrogens is 17. The Labute approximate surface area is 521 Å². The Hall–Kier alpha value is -7.11. The molecule has 0 saturated heterocycles. The van der Waals surface area contributed by atoms with Gasteiger partial charge in [-0.3, -0.25) is 4.39 Å². The monoisotopic (exact) mass is 1240 g/mol. The number of hydrogen-bond acceptors (Lipinski definition) is 24. The number of nitrogens with zero attached hydrogens (tertiary/aromatic N) is 19. The normalized spacial score (nSPS) is 10.4. The van der Waals surface area contributed by atoms with Crippen molar-refractivity contribution in [3.8, 4) is 46.1 Å². The van der Waals surface area contributed by atoms with Crippen LogP contribution in [0.4, 0.5) is 4.39 Å². The average Bonchev–Trinajstić information content (AvgIpc) is 4.42. The smallest absolute Gasteiger partial charge is 0.478 e. The first-order chi connectivity index (χ1) is 39.7. The van der Waals surface area contributed by atoms with Crippen LogP contribution in [0.1, 0.15) is 79.7 Å². The molecule has 0 amide bonds. The van der Waals surface area contributed by atoms with Gasteiger partial charge < -0.3 is 41.7 Å². The maximum absolute atomic E-state index is 9.96. The summed E-state index contributed by atoms with van der Waals surface area (Å²) < 4.78 is 21.2. The van der Waals surface area contributed by atoms with Gasteiger partial charge in [-0.25, -0.2) is 24.9 Å². The van der Waals surface area contributed by atoms with Crippen molar-refractivity contribution in [3.63, 3.8) is 0 Å². The first-order valence-electron chi connectivity index (χ1n) is 24.8. The number of alkyl halides is 1. The quantitative estimate of drug-likeness (QED) is 0.0144. The summed E-state index contributed by atoms with van der Waals surface area (Å²) in [5.74, 6) is 7.40. The molecule has 0 fully saturated rings. The third-order valence-corrected chi connectivity index (χ3v) is 11.1. The van der Waals surface area contributed by atoms with E-state index < -0.39 is 7.15 Å². The van der Waals surface area contributed by atoms with Crippen LogP contribution < -0.4 is 45.9 Å². The van der Waals surface area contributed by atoms with Crippen LogP contribution in [0.25, 0.3) is 34.2 Å². The Morgan fingerprint density at radius 2 is 1.13 bits per heavy atom. The number of amidine groups is 1. The van der Waals surface area contributed by atoms with Gasteiger partial charge in [-0.1, -0.05) is 74.1 Å². The SMILES string of the molecule is CC(C)(CCO)CCO.CCn1nnc(-c2ccc(Cl)nc2)n1.CCn1nnc(-c2ccc(OCCC(C)(C)CCO)nc2)n1.Clc1ccc(-c2nn[nH]n2)cn1.N#Cc1ccc(Cl)nc1.NN=C(N)c1ccc(Cl)nc1.O=N[O-].[2H]CF.[Na+]. The number of pyridine rings is 5. The molecule has 83 heavy (non-hydrogen) atoms. The van der Waals surface area contributed by atoms with Gasteiger partial charge in [0.05, 0.1) is 33.8 Å². The molecule has 34 heteroatoms. The van der Waals surface area contributed by atoms with Gasteiger partial charge in [0.15, 0.2) is 5.84 Å². The van der Waals surface area contributed by atoms with Crippen LogP contribution in [-0.2, 0) is 13.1 Å². The van der Waals surface area contributed by atoms with Crippen molar-refractivity contribution < 1.29 is 55.4 Å². The molecule has 0 radical (unpaired) electrons.